The Labute approximate surface area is 109 Å². The van der Waals surface area contributed by atoms with Crippen LogP contribution in [-0.4, -0.2) is 14.9 Å². The molecule has 0 radical (unpaired) electrons. The predicted molar refractivity (Wildman–Crippen MR) is 69.9 cm³/mol. The molecule has 1 heterocycles. The van der Waals surface area contributed by atoms with Crippen molar-refractivity contribution in [3.63, 3.8) is 0 Å². The second-order valence-corrected chi connectivity index (χ2v) is 4.94. The third kappa shape index (κ3) is 2.70. The molecule has 0 spiro atoms. The molecule has 18 heavy (non-hydrogen) atoms. The molecule has 0 bridgehead atoms. The maximum Gasteiger partial charge on any atom is 0.272 e. The van der Waals surface area contributed by atoms with Crippen molar-refractivity contribution in [1.29, 1.82) is 0 Å². The summed E-state index contributed by atoms with van der Waals surface area (Å²) in [5.74, 6) is 0. The summed E-state index contributed by atoms with van der Waals surface area (Å²) in [7, 11) is 0. The van der Waals surface area contributed by atoms with Gasteiger partial charge in [-0.25, -0.2) is 4.98 Å². The van der Waals surface area contributed by atoms with Crippen molar-refractivity contribution < 1.29 is 4.92 Å². The summed E-state index contributed by atoms with van der Waals surface area (Å²) in [6, 6.07) is 5.07. The normalized spacial score (nSPS) is 10.6. The number of nitro groups is 1. The van der Waals surface area contributed by atoms with Gasteiger partial charge >= 0.3 is 0 Å². The number of imidazole rings is 1. The smallest absolute Gasteiger partial charge is 0.272 e. The van der Waals surface area contributed by atoms with Gasteiger partial charge in [0.2, 0.25) is 0 Å². The predicted octanol–water partition coefficient (Wildman–Crippen LogP) is 3.34. The van der Waals surface area contributed by atoms with E-state index in [4.69, 9.17) is 0 Å². The Bertz CT molecular complexity index is 580. The number of H-pyrrole nitrogens is 1. The first-order valence-electron chi connectivity index (χ1n) is 5.57. The zero-order chi connectivity index (χ0) is 13.1. The molecular weight excluding hydrogens is 250 g/mol. The van der Waals surface area contributed by atoms with Gasteiger partial charge in [-0.05, 0) is 25.5 Å². The standard InChI is InChI=1S/C12H13N3O2S/c1-3-9-7-13-12(14-9)18-10-4-5-11(15(16)17)8(2)6-10/h4-7H,3H2,1-2H3,(H,13,14). The van der Waals surface area contributed by atoms with E-state index in [1.165, 1.54) is 17.8 Å². The molecule has 2 rings (SSSR count). The number of benzene rings is 1. The van der Waals surface area contributed by atoms with Gasteiger partial charge in [0.1, 0.15) is 0 Å². The van der Waals surface area contributed by atoms with Crippen LogP contribution in [0.1, 0.15) is 18.2 Å². The Morgan fingerprint density at radius 3 is 2.83 bits per heavy atom. The summed E-state index contributed by atoms with van der Waals surface area (Å²) in [5, 5.41) is 11.5. The Hall–Kier alpha value is -1.82. The zero-order valence-electron chi connectivity index (χ0n) is 10.1. The lowest BCUT2D eigenvalue weighted by molar-refractivity contribution is -0.385. The van der Waals surface area contributed by atoms with Crippen molar-refractivity contribution in [3.05, 3.63) is 45.8 Å². The second-order valence-electron chi connectivity index (χ2n) is 3.87. The highest BCUT2D eigenvalue weighted by Gasteiger charge is 2.11. The van der Waals surface area contributed by atoms with Crippen molar-refractivity contribution in [2.24, 2.45) is 0 Å². The molecule has 0 amide bonds. The van der Waals surface area contributed by atoms with Gasteiger partial charge in [0, 0.05) is 28.4 Å². The van der Waals surface area contributed by atoms with E-state index in [-0.39, 0.29) is 10.6 Å². The van der Waals surface area contributed by atoms with Crippen LogP contribution in [0.5, 0.6) is 0 Å². The maximum atomic E-state index is 10.7. The zero-order valence-corrected chi connectivity index (χ0v) is 11.0. The third-order valence-electron chi connectivity index (χ3n) is 2.57. The van der Waals surface area contributed by atoms with Crippen molar-refractivity contribution in [3.8, 4) is 0 Å². The first-order chi connectivity index (χ1) is 8.60. The Kier molecular flexibility index (Phi) is 3.66. The Morgan fingerprint density at radius 1 is 1.50 bits per heavy atom. The van der Waals surface area contributed by atoms with Crippen LogP contribution in [-0.2, 0) is 6.42 Å². The minimum atomic E-state index is -0.369. The molecule has 0 saturated heterocycles. The van der Waals surface area contributed by atoms with Crippen LogP contribution in [0.25, 0.3) is 0 Å². The van der Waals surface area contributed by atoms with E-state index in [2.05, 4.69) is 16.9 Å². The number of rotatable bonds is 4. The lowest BCUT2D eigenvalue weighted by atomic mass is 10.2. The van der Waals surface area contributed by atoms with E-state index in [0.29, 0.717) is 5.56 Å². The van der Waals surface area contributed by atoms with Gasteiger partial charge in [-0.3, -0.25) is 10.1 Å². The van der Waals surface area contributed by atoms with Crippen molar-refractivity contribution in [2.75, 3.05) is 0 Å². The highest BCUT2D eigenvalue weighted by Crippen LogP contribution is 2.29. The van der Waals surface area contributed by atoms with Crippen molar-refractivity contribution in [1.82, 2.24) is 9.97 Å². The number of hydrogen-bond acceptors (Lipinski definition) is 4. The third-order valence-corrected chi connectivity index (χ3v) is 3.46. The van der Waals surface area contributed by atoms with Crippen LogP contribution in [0.15, 0.2) is 34.4 Å². The number of aromatic amines is 1. The summed E-state index contributed by atoms with van der Waals surface area (Å²) in [5.41, 5.74) is 1.89. The molecule has 1 N–H and O–H groups in total. The number of hydrogen-bond donors (Lipinski definition) is 1. The van der Waals surface area contributed by atoms with Gasteiger partial charge in [-0.2, -0.15) is 0 Å². The molecule has 0 aliphatic heterocycles. The molecule has 0 fully saturated rings. The van der Waals surface area contributed by atoms with Crippen LogP contribution in [0.2, 0.25) is 0 Å². The summed E-state index contributed by atoms with van der Waals surface area (Å²) < 4.78 is 0. The number of nitrogens with one attached hydrogen (secondary N) is 1. The number of aryl methyl sites for hydroxylation is 2. The summed E-state index contributed by atoms with van der Waals surface area (Å²) in [6.45, 7) is 3.79. The number of aromatic nitrogens is 2. The quantitative estimate of drug-likeness (QED) is 0.678. The van der Waals surface area contributed by atoms with E-state index in [1.807, 2.05) is 0 Å². The van der Waals surface area contributed by atoms with E-state index >= 15 is 0 Å². The van der Waals surface area contributed by atoms with Gasteiger partial charge in [-0.15, -0.1) is 0 Å². The van der Waals surface area contributed by atoms with Gasteiger partial charge in [0.05, 0.1) is 4.92 Å². The van der Waals surface area contributed by atoms with Crippen LogP contribution in [0, 0.1) is 17.0 Å². The van der Waals surface area contributed by atoms with Crippen molar-refractivity contribution in [2.45, 2.75) is 30.3 Å². The molecule has 0 unspecified atom stereocenters. The largest absolute Gasteiger partial charge is 0.337 e. The Balaban J connectivity index is 2.19. The maximum absolute atomic E-state index is 10.7. The second kappa shape index (κ2) is 5.22. The molecule has 6 heteroatoms. The first kappa shape index (κ1) is 12.6. The lowest BCUT2D eigenvalue weighted by Crippen LogP contribution is -1.91. The number of nitro benzene ring substituents is 1. The van der Waals surface area contributed by atoms with Crippen LogP contribution < -0.4 is 0 Å². The van der Waals surface area contributed by atoms with Gasteiger partial charge < -0.3 is 4.98 Å². The molecule has 0 aliphatic rings. The first-order valence-corrected chi connectivity index (χ1v) is 6.38. The Morgan fingerprint density at radius 2 is 2.28 bits per heavy atom. The average Bonchev–Trinajstić information content (AvgIpc) is 2.76. The van der Waals surface area contributed by atoms with E-state index in [0.717, 1.165) is 22.2 Å². The molecule has 5 nitrogen and oxygen atoms in total. The van der Waals surface area contributed by atoms with Crippen LogP contribution in [0.4, 0.5) is 5.69 Å². The fourth-order valence-electron chi connectivity index (χ4n) is 1.58. The molecule has 1 aromatic carbocycles. The molecule has 0 atom stereocenters. The van der Waals surface area contributed by atoms with Gasteiger partial charge in [0.15, 0.2) is 5.16 Å². The molecular formula is C12H13N3O2S. The molecule has 2 aromatic rings. The highest BCUT2D eigenvalue weighted by molar-refractivity contribution is 7.99. The molecule has 1 aromatic heterocycles. The fraction of sp³-hybridized carbons (Fsp3) is 0.250. The van der Waals surface area contributed by atoms with Crippen molar-refractivity contribution >= 4 is 17.4 Å². The van der Waals surface area contributed by atoms with E-state index < -0.39 is 0 Å². The SMILES string of the molecule is CCc1cnc(Sc2ccc([N+](=O)[O-])c(C)c2)[nH]1. The topological polar surface area (TPSA) is 71.8 Å². The average molecular weight is 263 g/mol. The fourth-order valence-corrected chi connectivity index (χ4v) is 2.46. The monoisotopic (exact) mass is 263 g/mol. The van der Waals surface area contributed by atoms with Gasteiger partial charge in [-0.1, -0.05) is 18.7 Å². The van der Waals surface area contributed by atoms with Crippen LogP contribution in [0.3, 0.4) is 0 Å². The highest BCUT2D eigenvalue weighted by atomic mass is 32.2. The summed E-state index contributed by atoms with van der Waals surface area (Å²) in [4.78, 5) is 18.7. The van der Waals surface area contributed by atoms with Gasteiger partial charge in [0.25, 0.3) is 5.69 Å². The lowest BCUT2D eigenvalue weighted by Gasteiger charge is -2.01. The van der Waals surface area contributed by atoms with E-state index in [1.54, 1.807) is 25.3 Å². The van der Waals surface area contributed by atoms with Crippen LogP contribution >= 0.6 is 11.8 Å². The minimum absolute atomic E-state index is 0.146. The van der Waals surface area contributed by atoms with E-state index in [9.17, 15) is 10.1 Å². The minimum Gasteiger partial charge on any atom is -0.337 e. The number of nitrogens with zero attached hydrogens (tertiary/aromatic N) is 2. The summed E-state index contributed by atoms with van der Waals surface area (Å²) >= 11 is 1.47. The summed E-state index contributed by atoms with van der Waals surface area (Å²) in [6.07, 6.45) is 2.72. The molecule has 0 saturated carbocycles. The molecule has 0 aliphatic carbocycles. The molecule has 94 valence electrons.